The number of benzene rings is 1. The van der Waals surface area contributed by atoms with Crippen LogP contribution in [0, 0.1) is 5.92 Å². The van der Waals surface area contributed by atoms with E-state index in [-0.39, 0.29) is 24.2 Å². The van der Waals surface area contributed by atoms with Gasteiger partial charge >= 0.3 is 0 Å². The highest BCUT2D eigenvalue weighted by Crippen LogP contribution is 2.27. The quantitative estimate of drug-likeness (QED) is 0.819. The highest BCUT2D eigenvalue weighted by atomic mass is 35.5. The molecule has 1 aromatic heterocycles. The molecule has 2 amide bonds. The van der Waals surface area contributed by atoms with Crippen molar-refractivity contribution in [2.45, 2.75) is 12.8 Å². The van der Waals surface area contributed by atoms with Gasteiger partial charge in [0.15, 0.2) is 0 Å². The lowest BCUT2D eigenvalue weighted by molar-refractivity contribution is -0.122. The van der Waals surface area contributed by atoms with Gasteiger partial charge in [-0.05, 0) is 36.2 Å². The first-order valence-corrected chi connectivity index (χ1v) is 7.05. The highest BCUT2D eigenvalue weighted by molar-refractivity contribution is 6.30. The maximum atomic E-state index is 12.4. The number of aromatic nitrogens is 1. The molecule has 1 fully saturated rings. The smallest absolute Gasteiger partial charge is 0.238 e. The number of hydrogen-bond acceptors (Lipinski definition) is 3. The molecular weight excluding hydrogens is 288 g/mol. The number of imide groups is 1. The lowest BCUT2D eigenvalue weighted by atomic mass is 9.98. The van der Waals surface area contributed by atoms with E-state index in [0.717, 1.165) is 5.56 Å². The standard InChI is InChI=1S/C16H13ClN2O2/c17-13-6-4-11(5-7-13)9-12-10-15(20)19(16(12)21)14-3-1-2-8-18-14/h1-8,12H,9-10H2/t12-/m0/s1. The Bertz CT molecular complexity index is 670. The number of pyridine rings is 1. The van der Waals surface area contributed by atoms with Gasteiger partial charge < -0.3 is 0 Å². The molecule has 0 saturated carbocycles. The maximum Gasteiger partial charge on any atom is 0.238 e. The summed E-state index contributed by atoms with van der Waals surface area (Å²) in [7, 11) is 0. The molecule has 1 aliphatic heterocycles. The van der Waals surface area contributed by atoms with Gasteiger partial charge in [0.1, 0.15) is 5.82 Å². The number of nitrogens with zero attached hydrogens (tertiary/aromatic N) is 2. The van der Waals surface area contributed by atoms with E-state index in [0.29, 0.717) is 17.3 Å². The van der Waals surface area contributed by atoms with Gasteiger partial charge in [-0.25, -0.2) is 9.88 Å². The molecule has 21 heavy (non-hydrogen) atoms. The molecule has 1 aromatic carbocycles. The largest absolute Gasteiger partial charge is 0.274 e. The first kappa shape index (κ1) is 13.8. The zero-order valence-electron chi connectivity index (χ0n) is 11.2. The number of carbonyl (C=O) groups is 2. The average molecular weight is 301 g/mol. The summed E-state index contributed by atoms with van der Waals surface area (Å²) in [5, 5.41) is 0.655. The average Bonchev–Trinajstić information content (AvgIpc) is 2.77. The van der Waals surface area contributed by atoms with Crippen molar-refractivity contribution in [3.05, 3.63) is 59.2 Å². The number of halogens is 1. The fourth-order valence-corrected chi connectivity index (χ4v) is 2.61. The summed E-state index contributed by atoms with van der Waals surface area (Å²) in [6.07, 6.45) is 2.32. The minimum absolute atomic E-state index is 0.186. The Morgan fingerprint density at radius 2 is 1.90 bits per heavy atom. The van der Waals surface area contributed by atoms with E-state index < -0.39 is 0 Å². The fourth-order valence-electron chi connectivity index (χ4n) is 2.49. The van der Waals surface area contributed by atoms with E-state index in [4.69, 9.17) is 11.6 Å². The van der Waals surface area contributed by atoms with Gasteiger partial charge in [0, 0.05) is 17.6 Å². The van der Waals surface area contributed by atoms with Gasteiger partial charge in [-0.2, -0.15) is 0 Å². The van der Waals surface area contributed by atoms with E-state index in [1.54, 1.807) is 36.5 Å². The van der Waals surface area contributed by atoms with Crippen molar-refractivity contribution in [1.29, 1.82) is 0 Å². The Labute approximate surface area is 127 Å². The van der Waals surface area contributed by atoms with Crippen molar-refractivity contribution in [2.24, 2.45) is 5.92 Å². The van der Waals surface area contributed by atoms with Crippen LogP contribution in [0.25, 0.3) is 0 Å². The molecule has 0 N–H and O–H groups in total. The van der Waals surface area contributed by atoms with Crippen LogP contribution in [0.4, 0.5) is 5.82 Å². The number of carbonyl (C=O) groups excluding carboxylic acids is 2. The zero-order chi connectivity index (χ0) is 14.8. The normalized spacial score (nSPS) is 18.3. The first-order valence-electron chi connectivity index (χ1n) is 6.67. The Balaban J connectivity index is 1.79. The SMILES string of the molecule is O=C1C[C@H](Cc2ccc(Cl)cc2)C(=O)N1c1ccccn1. The summed E-state index contributed by atoms with van der Waals surface area (Å²) in [5.74, 6) is -0.321. The third-order valence-electron chi connectivity index (χ3n) is 3.51. The Kier molecular flexibility index (Phi) is 3.71. The van der Waals surface area contributed by atoms with Gasteiger partial charge in [-0.15, -0.1) is 0 Å². The molecule has 0 aliphatic carbocycles. The monoisotopic (exact) mass is 300 g/mol. The molecule has 1 aliphatic rings. The van der Waals surface area contributed by atoms with Crippen LogP contribution in [0.5, 0.6) is 0 Å². The van der Waals surface area contributed by atoms with E-state index in [2.05, 4.69) is 4.98 Å². The summed E-state index contributed by atoms with van der Waals surface area (Å²) >= 11 is 5.85. The number of hydrogen-bond donors (Lipinski definition) is 0. The summed E-state index contributed by atoms with van der Waals surface area (Å²) in [4.78, 5) is 29.8. The predicted molar refractivity (Wildman–Crippen MR) is 80.0 cm³/mol. The molecule has 1 atom stereocenters. The lowest BCUT2D eigenvalue weighted by Gasteiger charge is -2.13. The van der Waals surface area contributed by atoms with E-state index in [9.17, 15) is 9.59 Å². The Hall–Kier alpha value is -2.20. The number of anilines is 1. The number of amides is 2. The molecule has 2 heterocycles. The van der Waals surface area contributed by atoms with Crippen molar-refractivity contribution < 1.29 is 9.59 Å². The summed E-state index contributed by atoms with van der Waals surface area (Å²) in [5.41, 5.74) is 0.994. The molecule has 0 spiro atoms. The van der Waals surface area contributed by atoms with Crippen LogP contribution in [0.3, 0.4) is 0 Å². The third kappa shape index (κ3) is 2.81. The third-order valence-corrected chi connectivity index (χ3v) is 3.77. The molecule has 0 unspecified atom stereocenters. The van der Waals surface area contributed by atoms with E-state index in [1.807, 2.05) is 12.1 Å². The van der Waals surface area contributed by atoms with Crippen LogP contribution in [-0.4, -0.2) is 16.8 Å². The van der Waals surface area contributed by atoms with Crippen LogP contribution in [0.15, 0.2) is 48.7 Å². The van der Waals surface area contributed by atoms with Crippen LogP contribution in [-0.2, 0) is 16.0 Å². The zero-order valence-corrected chi connectivity index (χ0v) is 12.0. The fraction of sp³-hybridized carbons (Fsp3) is 0.188. The second-order valence-corrected chi connectivity index (χ2v) is 5.42. The van der Waals surface area contributed by atoms with Gasteiger partial charge in [0.2, 0.25) is 11.8 Å². The van der Waals surface area contributed by atoms with Crippen molar-refractivity contribution >= 4 is 29.2 Å². The van der Waals surface area contributed by atoms with Crippen LogP contribution < -0.4 is 4.90 Å². The van der Waals surface area contributed by atoms with E-state index >= 15 is 0 Å². The molecule has 5 heteroatoms. The molecule has 4 nitrogen and oxygen atoms in total. The second-order valence-electron chi connectivity index (χ2n) is 4.99. The lowest BCUT2D eigenvalue weighted by Crippen LogP contribution is -2.31. The summed E-state index contributed by atoms with van der Waals surface area (Å²) in [6, 6.07) is 12.5. The second kappa shape index (κ2) is 5.66. The topological polar surface area (TPSA) is 50.3 Å². The molecule has 3 rings (SSSR count). The molecular formula is C16H13ClN2O2. The minimum Gasteiger partial charge on any atom is -0.274 e. The molecule has 1 saturated heterocycles. The molecule has 2 aromatic rings. The number of rotatable bonds is 3. The molecule has 0 bridgehead atoms. The first-order chi connectivity index (χ1) is 10.1. The van der Waals surface area contributed by atoms with Crippen LogP contribution in [0.2, 0.25) is 5.02 Å². The van der Waals surface area contributed by atoms with Crippen LogP contribution >= 0.6 is 11.6 Å². The predicted octanol–water partition coefficient (Wildman–Crippen LogP) is 2.86. The van der Waals surface area contributed by atoms with Crippen molar-refractivity contribution in [3.63, 3.8) is 0 Å². The molecule has 106 valence electrons. The summed E-state index contributed by atoms with van der Waals surface area (Å²) < 4.78 is 0. The Morgan fingerprint density at radius 3 is 2.57 bits per heavy atom. The Morgan fingerprint density at radius 1 is 1.14 bits per heavy atom. The van der Waals surface area contributed by atoms with Crippen molar-refractivity contribution in [2.75, 3.05) is 4.90 Å². The molecule has 0 radical (unpaired) electrons. The van der Waals surface area contributed by atoms with Gasteiger partial charge in [0.25, 0.3) is 0 Å². The van der Waals surface area contributed by atoms with Crippen LogP contribution in [0.1, 0.15) is 12.0 Å². The minimum atomic E-state index is -0.333. The van der Waals surface area contributed by atoms with Gasteiger partial charge in [-0.3, -0.25) is 9.59 Å². The van der Waals surface area contributed by atoms with Gasteiger partial charge in [-0.1, -0.05) is 29.8 Å². The maximum absolute atomic E-state index is 12.4. The highest BCUT2D eigenvalue weighted by Gasteiger charge is 2.39. The van der Waals surface area contributed by atoms with Crippen molar-refractivity contribution in [1.82, 2.24) is 4.98 Å². The summed E-state index contributed by atoms with van der Waals surface area (Å²) in [6.45, 7) is 0. The van der Waals surface area contributed by atoms with Gasteiger partial charge in [0.05, 0.1) is 5.92 Å². The van der Waals surface area contributed by atoms with Crippen molar-refractivity contribution in [3.8, 4) is 0 Å². The van der Waals surface area contributed by atoms with E-state index in [1.165, 1.54) is 4.90 Å².